The highest BCUT2D eigenvalue weighted by Gasteiger charge is 2.44. The number of carbonyl (C=O) groups excluding carboxylic acids is 2. The molecule has 1 aliphatic heterocycles. The second-order valence-electron chi connectivity index (χ2n) is 7.14. The van der Waals surface area contributed by atoms with Gasteiger partial charge in [0.2, 0.25) is 11.8 Å². The number of allylic oxidation sites excluding steroid dienone is 2. The predicted molar refractivity (Wildman–Crippen MR) is 98.6 cm³/mol. The number of rotatable bonds is 6. The van der Waals surface area contributed by atoms with E-state index in [4.69, 9.17) is 0 Å². The Morgan fingerprint density at radius 1 is 1.28 bits per heavy atom. The van der Waals surface area contributed by atoms with Crippen molar-refractivity contribution in [2.24, 2.45) is 17.8 Å². The summed E-state index contributed by atoms with van der Waals surface area (Å²) < 4.78 is 0. The van der Waals surface area contributed by atoms with Gasteiger partial charge >= 0.3 is 0 Å². The maximum atomic E-state index is 13.1. The summed E-state index contributed by atoms with van der Waals surface area (Å²) in [7, 11) is 0. The normalized spacial score (nSPS) is 25.6. The van der Waals surface area contributed by atoms with Crippen molar-refractivity contribution in [3.8, 4) is 0 Å². The third kappa shape index (κ3) is 4.12. The van der Waals surface area contributed by atoms with Crippen LogP contribution in [0.15, 0.2) is 42.5 Å². The number of amides is 2. The summed E-state index contributed by atoms with van der Waals surface area (Å²) in [6.07, 6.45) is 7.89. The fourth-order valence-electron chi connectivity index (χ4n) is 3.97. The van der Waals surface area contributed by atoms with Crippen LogP contribution in [0.2, 0.25) is 0 Å². The van der Waals surface area contributed by atoms with E-state index in [2.05, 4.69) is 36.5 Å². The summed E-state index contributed by atoms with van der Waals surface area (Å²) in [5, 5.41) is 3.03. The summed E-state index contributed by atoms with van der Waals surface area (Å²) >= 11 is 0. The topological polar surface area (TPSA) is 49.4 Å². The SMILES string of the molecule is CCCCNC(=O)[C@@H]1CC=C[C@@H]2CCN(Cc3ccccc3)C(=O)[C@@H]21. The molecular formula is C21H28N2O2. The minimum atomic E-state index is -0.224. The van der Waals surface area contributed by atoms with Gasteiger partial charge in [-0.15, -0.1) is 0 Å². The van der Waals surface area contributed by atoms with Crippen molar-refractivity contribution in [1.82, 2.24) is 10.2 Å². The standard InChI is InChI=1S/C21H28N2O2/c1-2-3-13-22-20(24)18-11-7-10-17-12-14-23(21(25)19(17)18)15-16-8-5-4-6-9-16/h4-10,17-19H,2-3,11-15H2,1H3,(H,22,24)/t17-,18-,19+/m1/s1. The first-order chi connectivity index (χ1) is 12.2. The number of likely N-dealkylation sites (tertiary alicyclic amines) is 1. The minimum Gasteiger partial charge on any atom is -0.356 e. The fourth-order valence-corrected chi connectivity index (χ4v) is 3.97. The summed E-state index contributed by atoms with van der Waals surface area (Å²) in [5.74, 6) is -0.0416. The highest BCUT2D eigenvalue weighted by atomic mass is 16.2. The Kier molecular flexibility index (Phi) is 5.90. The Labute approximate surface area is 150 Å². The molecule has 1 N–H and O–H groups in total. The number of carbonyl (C=O) groups is 2. The molecule has 1 heterocycles. The van der Waals surface area contributed by atoms with Gasteiger partial charge in [-0.3, -0.25) is 9.59 Å². The van der Waals surface area contributed by atoms with Crippen LogP contribution in [0.1, 0.15) is 38.2 Å². The van der Waals surface area contributed by atoms with Crippen LogP contribution in [0.4, 0.5) is 0 Å². The van der Waals surface area contributed by atoms with E-state index in [-0.39, 0.29) is 29.6 Å². The number of nitrogens with one attached hydrogen (secondary N) is 1. The Morgan fingerprint density at radius 3 is 2.84 bits per heavy atom. The second kappa shape index (κ2) is 8.32. The number of unbranched alkanes of at least 4 members (excludes halogenated alkanes) is 1. The molecule has 1 aliphatic carbocycles. The van der Waals surface area contributed by atoms with Crippen molar-refractivity contribution in [3.05, 3.63) is 48.0 Å². The molecule has 3 atom stereocenters. The van der Waals surface area contributed by atoms with E-state index in [0.717, 1.165) is 31.4 Å². The summed E-state index contributed by atoms with van der Waals surface area (Å²) in [6.45, 7) is 4.21. The maximum Gasteiger partial charge on any atom is 0.227 e. The molecule has 134 valence electrons. The average molecular weight is 340 g/mol. The number of hydrogen-bond donors (Lipinski definition) is 1. The zero-order valence-corrected chi connectivity index (χ0v) is 15.0. The molecule has 0 unspecified atom stereocenters. The van der Waals surface area contributed by atoms with Crippen molar-refractivity contribution in [1.29, 1.82) is 0 Å². The zero-order valence-electron chi connectivity index (χ0n) is 15.0. The predicted octanol–water partition coefficient (Wildman–Crippen LogP) is 3.14. The fraction of sp³-hybridized carbons (Fsp3) is 0.524. The first kappa shape index (κ1) is 17.7. The molecule has 0 radical (unpaired) electrons. The largest absolute Gasteiger partial charge is 0.356 e. The van der Waals surface area contributed by atoms with E-state index in [1.807, 2.05) is 23.1 Å². The molecule has 1 saturated heterocycles. The molecule has 4 nitrogen and oxygen atoms in total. The number of fused-ring (bicyclic) bond motifs is 1. The van der Waals surface area contributed by atoms with Gasteiger partial charge in [0.05, 0.1) is 11.8 Å². The molecule has 25 heavy (non-hydrogen) atoms. The first-order valence-electron chi connectivity index (χ1n) is 9.47. The molecule has 1 fully saturated rings. The van der Waals surface area contributed by atoms with Crippen molar-refractivity contribution < 1.29 is 9.59 Å². The highest BCUT2D eigenvalue weighted by Crippen LogP contribution is 2.37. The average Bonchev–Trinajstić information content (AvgIpc) is 2.64. The molecule has 0 aromatic heterocycles. The Hall–Kier alpha value is -2.10. The van der Waals surface area contributed by atoms with Gasteiger partial charge in [-0.1, -0.05) is 55.8 Å². The lowest BCUT2D eigenvalue weighted by Crippen LogP contribution is -2.51. The molecule has 1 aromatic rings. The van der Waals surface area contributed by atoms with Crippen molar-refractivity contribution in [2.45, 2.75) is 39.2 Å². The molecule has 2 amide bonds. The van der Waals surface area contributed by atoms with E-state index in [9.17, 15) is 9.59 Å². The van der Waals surface area contributed by atoms with Gasteiger partial charge in [-0.05, 0) is 30.7 Å². The molecular weight excluding hydrogens is 312 g/mol. The maximum absolute atomic E-state index is 13.1. The van der Waals surface area contributed by atoms with Crippen LogP contribution < -0.4 is 5.32 Å². The van der Waals surface area contributed by atoms with Crippen LogP contribution in [0.3, 0.4) is 0 Å². The van der Waals surface area contributed by atoms with Gasteiger partial charge in [-0.2, -0.15) is 0 Å². The lowest BCUT2D eigenvalue weighted by molar-refractivity contribution is -0.148. The lowest BCUT2D eigenvalue weighted by Gasteiger charge is -2.41. The molecule has 4 heteroatoms. The highest BCUT2D eigenvalue weighted by molar-refractivity contribution is 5.89. The Bertz CT molecular complexity index is 626. The van der Waals surface area contributed by atoms with Gasteiger partial charge in [0.15, 0.2) is 0 Å². The molecule has 3 rings (SSSR count). The molecule has 0 spiro atoms. The van der Waals surface area contributed by atoms with E-state index in [0.29, 0.717) is 19.5 Å². The van der Waals surface area contributed by atoms with Crippen LogP contribution in [-0.4, -0.2) is 29.8 Å². The monoisotopic (exact) mass is 340 g/mol. The molecule has 0 bridgehead atoms. The second-order valence-corrected chi connectivity index (χ2v) is 7.14. The number of piperidine rings is 1. The zero-order chi connectivity index (χ0) is 17.6. The molecule has 2 aliphatic rings. The van der Waals surface area contributed by atoms with Crippen LogP contribution >= 0.6 is 0 Å². The van der Waals surface area contributed by atoms with Crippen molar-refractivity contribution in [3.63, 3.8) is 0 Å². The van der Waals surface area contributed by atoms with Crippen LogP contribution in [0.25, 0.3) is 0 Å². The van der Waals surface area contributed by atoms with E-state index in [1.165, 1.54) is 0 Å². The first-order valence-corrected chi connectivity index (χ1v) is 9.47. The Balaban J connectivity index is 1.70. The number of nitrogens with zero attached hydrogens (tertiary/aromatic N) is 1. The van der Waals surface area contributed by atoms with E-state index >= 15 is 0 Å². The third-order valence-electron chi connectivity index (χ3n) is 5.38. The summed E-state index contributed by atoms with van der Waals surface area (Å²) in [4.78, 5) is 27.7. The quantitative estimate of drug-likeness (QED) is 0.639. The Morgan fingerprint density at radius 2 is 2.08 bits per heavy atom. The van der Waals surface area contributed by atoms with Gasteiger partial charge in [0.1, 0.15) is 0 Å². The van der Waals surface area contributed by atoms with E-state index < -0.39 is 0 Å². The summed E-state index contributed by atoms with van der Waals surface area (Å²) in [5.41, 5.74) is 1.14. The van der Waals surface area contributed by atoms with Gasteiger partial charge < -0.3 is 10.2 Å². The van der Waals surface area contributed by atoms with Crippen molar-refractivity contribution >= 4 is 11.8 Å². The third-order valence-corrected chi connectivity index (χ3v) is 5.38. The van der Waals surface area contributed by atoms with Gasteiger partial charge in [0.25, 0.3) is 0 Å². The van der Waals surface area contributed by atoms with Crippen LogP contribution in [0, 0.1) is 17.8 Å². The lowest BCUT2D eigenvalue weighted by atomic mass is 9.71. The molecule has 0 saturated carbocycles. The molecule has 1 aromatic carbocycles. The summed E-state index contributed by atoms with van der Waals surface area (Å²) in [6, 6.07) is 10.1. The van der Waals surface area contributed by atoms with E-state index in [1.54, 1.807) is 0 Å². The van der Waals surface area contributed by atoms with Crippen LogP contribution in [-0.2, 0) is 16.1 Å². The van der Waals surface area contributed by atoms with Crippen molar-refractivity contribution in [2.75, 3.05) is 13.1 Å². The number of benzene rings is 1. The smallest absolute Gasteiger partial charge is 0.227 e. The number of hydrogen-bond acceptors (Lipinski definition) is 2. The minimum absolute atomic E-state index is 0.0442. The van der Waals surface area contributed by atoms with Gasteiger partial charge in [0, 0.05) is 19.6 Å². The van der Waals surface area contributed by atoms with Gasteiger partial charge in [-0.25, -0.2) is 0 Å². The van der Waals surface area contributed by atoms with Crippen LogP contribution in [0.5, 0.6) is 0 Å².